The van der Waals surface area contributed by atoms with E-state index >= 15 is 0 Å². The summed E-state index contributed by atoms with van der Waals surface area (Å²) < 4.78 is 10.7. The van der Waals surface area contributed by atoms with Gasteiger partial charge in [-0.15, -0.1) is 0 Å². The first kappa shape index (κ1) is 13.3. The Morgan fingerprint density at radius 1 is 1.31 bits per heavy atom. The molecule has 0 fully saturated rings. The molecule has 1 heterocycles. The van der Waals surface area contributed by atoms with Crippen LogP contribution in [0.4, 0.5) is 0 Å². The van der Waals surface area contributed by atoms with Crippen molar-refractivity contribution < 1.29 is 9.15 Å². The minimum absolute atomic E-state index is 0.820. The highest BCUT2D eigenvalue weighted by Crippen LogP contribution is 2.12. The average molecular weight is 225 g/mol. The van der Waals surface area contributed by atoms with Crippen LogP contribution < -0.4 is 5.32 Å². The summed E-state index contributed by atoms with van der Waals surface area (Å²) in [6.45, 7) is 9.66. The first-order valence-corrected chi connectivity index (χ1v) is 6.08. The number of hydrogen-bond acceptors (Lipinski definition) is 3. The van der Waals surface area contributed by atoms with Gasteiger partial charge in [-0.2, -0.15) is 0 Å². The molecule has 16 heavy (non-hydrogen) atoms. The third kappa shape index (κ3) is 4.81. The summed E-state index contributed by atoms with van der Waals surface area (Å²) in [5.74, 6) is 2.02. The Balaban J connectivity index is 2.05. The summed E-state index contributed by atoms with van der Waals surface area (Å²) in [6, 6.07) is 2.10. The lowest BCUT2D eigenvalue weighted by Crippen LogP contribution is -2.15. The van der Waals surface area contributed by atoms with Crippen molar-refractivity contribution >= 4 is 0 Å². The fraction of sp³-hybridized carbons (Fsp3) is 0.692. The second-order valence-electron chi connectivity index (χ2n) is 4.02. The molecule has 0 aliphatic rings. The third-order valence-electron chi connectivity index (χ3n) is 2.56. The van der Waals surface area contributed by atoms with E-state index in [2.05, 4.69) is 11.4 Å². The number of ether oxygens (including phenoxy) is 1. The molecular weight excluding hydrogens is 202 g/mol. The Bertz CT molecular complexity index is 294. The van der Waals surface area contributed by atoms with E-state index in [9.17, 15) is 0 Å². The highest BCUT2D eigenvalue weighted by atomic mass is 16.5. The Morgan fingerprint density at radius 3 is 2.75 bits per heavy atom. The van der Waals surface area contributed by atoms with E-state index in [0.29, 0.717) is 0 Å². The molecule has 0 saturated heterocycles. The van der Waals surface area contributed by atoms with E-state index in [0.717, 1.165) is 50.7 Å². The van der Waals surface area contributed by atoms with Crippen LogP contribution in [0.1, 0.15) is 36.8 Å². The number of nitrogens with one attached hydrogen (secondary N) is 1. The fourth-order valence-electron chi connectivity index (χ4n) is 1.68. The van der Waals surface area contributed by atoms with Crippen LogP contribution in [-0.4, -0.2) is 19.8 Å². The van der Waals surface area contributed by atoms with Gasteiger partial charge < -0.3 is 14.5 Å². The van der Waals surface area contributed by atoms with Gasteiger partial charge in [0.25, 0.3) is 0 Å². The van der Waals surface area contributed by atoms with E-state index < -0.39 is 0 Å². The SMILES string of the molecule is CCOCCCCNCc1cc(C)oc1C. The van der Waals surface area contributed by atoms with Crippen molar-refractivity contribution in [3.05, 3.63) is 23.2 Å². The second kappa shape index (κ2) is 7.47. The Kier molecular flexibility index (Phi) is 6.19. The highest BCUT2D eigenvalue weighted by molar-refractivity contribution is 5.19. The fourth-order valence-corrected chi connectivity index (χ4v) is 1.68. The van der Waals surface area contributed by atoms with E-state index in [1.807, 2.05) is 20.8 Å². The molecule has 1 aromatic heterocycles. The van der Waals surface area contributed by atoms with Crippen LogP contribution in [0.15, 0.2) is 10.5 Å². The monoisotopic (exact) mass is 225 g/mol. The van der Waals surface area contributed by atoms with Gasteiger partial charge in [0, 0.05) is 25.3 Å². The topological polar surface area (TPSA) is 34.4 Å². The minimum atomic E-state index is 0.820. The molecule has 0 aliphatic heterocycles. The van der Waals surface area contributed by atoms with Gasteiger partial charge in [-0.05, 0) is 46.2 Å². The molecule has 0 radical (unpaired) electrons. The van der Waals surface area contributed by atoms with Gasteiger partial charge in [-0.1, -0.05) is 0 Å². The van der Waals surface area contributed by atoms with Gasteiger partial charge in [-0.3, -0.25) is 0 Å². The molecule has 0 spiro atoms. The molecule has 0 aliphatic carbocycles. The van der Waals surface area contributed by atoms with Gasteiger partial charge >= 0.3 is 0 Å². The number of hydrogen-bond donors (Lipinski definition) is 1. The Labute approximate surface area is 98.2 Å². The molecule has 1 N–H and O–H groups in total. The summed E-state index contributed by atoms with van der Waals surface area (Å²) in [5.41, 5.74) is 1.27. The van der Waals surface area contributed by atoms with Crippen LogP contribution in [0.25, 0.3) is 0 Å². The largest absolute Gasteiger partial charge is 0.466 e. The van der Waals surface area contributed by atoms with Crippen molar-refractivity contribution in [1.29, 1.82) is 0 Å². The number of aryl methyl sites for hydroxylation is 2. The van der Waals surface area contributed by atoms with E-state index in [1.54, 1.807) is 0 Å². The van der Waals surface area contributed by atoms with Gasteiger partial charge in [0.15, 0.2) is 0 Å². The van der Waals surface area contributed by atoms with Gasteiger partial charge in [0.05, 0.1) is 0 Å². The molecule has 1 rings (SSSR count). The Morgan fingerprint density at radius 2 is 2.12 bits per heavy atom. The van der Waals surface area contributed by atoms with Crippen molar-refractivity contribution in [3.8, 4) is 0 Å². The number of rotatable bonds is 8. The Hall–Kier alpha value is -0.800. The normalized spacial score (nSPS) is 10.9. The van der Waals surface area contributed by atoms with E-state index in [4.69, 9.17) is 9.15 Å². The molecule has 0 atom stereocenters. The smallest absolute Gasteiger partial charge is 0.105 e. The average Bonchev–Trinajstić information content (AvgIpc) is 2.56. The molecule has 1 aromatic rings. The molecule has 3 nitrogen and oxygen atoms in total. The number of furan rings is 1. The maximum Gasteiger partial charge on any atom is 0.105 e. The lowest BCUT2D eigenvalue weighted by Gasteiger charge is -2.04. The van der Waals surface area contributed by atoms with Crippen molar-refractivity contribution in [3.63, 3.8) is 0 Å². The summed E-state index contributed by atoms with van der Waals surface area (Å²) >= 11 is 0. The van der Waals surface area contributed by atoms with Crippen LogP contribution in [0.2, 0.25) is 0 Å². The van der Waals surface area contributed by atoms with Crippen LogP contribution in [-0.2, 0) is 11.3 Å². The van der Waals surface area contributed by atoms with Gasteiger partial charge in [0.2, 0.25) is 0 Å². The molecule has 0 bridgehead atoms. The predicted molar refractivity (Wildman–Crippen MR) is 65.6 cm³/mol. The molecule has 0 aromatic carbocycles. The molecule has 92 valence electrons. The van der Waals surface area contributed by atoms with Crippen molar-refractivity contribution in [1.82, 2.24) is 5.32 Å². The summed E-state index contributed by atoms with van der Waals surface area (Å²) in [4.78, 5) is 0. The molecule has 0 saturated carbocycles. The zero-order valence-electron chi connectivity index (χ0n) is 10.6. The second-order valence-corrected chi connectivity index (χ2v) is 4.02. The molecule has 3 heteroatoms. The van der Waals surface area contributed by atoms with Crippen molar-refractivity contribution in [2.45, 2.75) is 40.2 Å². The first-order valence-electron chi connectivity index (χ1n) is 6.08. The summed E-state index contributed by atoms with van der Waals surface area (Å²) in [5, 5.41) is 3.42. The van der Waals surface area contributed by atoms with Crippen LogP contribution >= 0.6 is 0 Å². The summed E-state index contributed by atoms with van der Waals surface area (Å²) in [6.07, 6.45) is 2.29. The highest BCUT2D eigenvalue weighted by Gasteiger charge is 2.02. The van der Waals surface area contributed by atoms with Crippen molar-refractivity contribution in [2.24, 2.45) is 0 Å². The predicted octanol–water partition coefficient (Wildman–Crippen LogP) is 2.80. The van der Waals surface area contributed by atoms with Gasteiger partial charge in [-0.25, -0.2) is 0 Å². The third-order valence-corrected chi connectivity index (χ3v) is 2.56. The van der Waals surface area contributed by atoms with Crippen LogP contribution in [0.3, 0.4) is 0 Å². The zero-order chi connectivity index (χ0) is 11.8. The van der Waals surface area contributed by atoms with Crippen LogP contribution in [0.5, 0.6) is 0 Å². The zero-order valence-corrected chi connectivity index (χ0v) is 10.6. The lowest BCUT2D eigenvalue weighted by molar-refractivity contribution is 0.143. The first-order chi connectivity index (χ1) is 7.74. The standard InChI is InChI=1S/C13H23NO2/c1-4-15-8-6-5-7-14-10-13-9-11(2)16-12(13)3/h9,14H,4-8,10H2,1-3H3. The van der Waals surface area contributed by atoms with Crippen LogP contribution in [0, 0.1) is 13.8 Å². The molecule has 0 unspecified atom stereocenters. The maximum absolute atomic E-state index is 5.46. The number of unbranched alkanes of at least 4 members (excludes halogenated alkanes) is 1. The summed E-state index contributed by atoms with van der Waals surface area (Å²) in [7, 11) is 0. The van der Waals surface area contributed by atoms with E-state index in [1.165, 1.54) is 5.56 Å². The van der Waals surface area contributed by atoms with E-state index in [-0.39, 0.29) is 0 Å². The van der Waals surface area contributed by atoms with Gasteiger partial charge in [0.1, 0.15) is 11.5 Å². The quantitative estimate of drug-likeness (QED) is 0.691. The lowest BCUT2D eigenvalue weighted by atomic mass is 10.2. The minimum Gasteiger partial charge on any atom is -0.466 e. The molecular formula is C13H23NO2. The molecule has 0 amide bonds. The van der Waals surface area contributed by atoms with Crippen molar-refractivity contribution in [2.75, 3.05) is 19.8 Å². The maximum atomic E-state index is 5.46.